The number of hydrogen-bond donors (Lipinski definition) is 2. The van der Waals surface area contributed by atoms with E-state index in [9.17, 15) is 13.2 Å². The lowest BCUT2D eigenvalue weighted by atomic mass is 10.2. The van der Waals surface area contributed by atoms with Crippen LogP contribution in [-0.4, -0.2) is 52.1 Å². The predicted molar refractivity (Wildman–Crippen MR) is 110 cm³/mol. The molecule has 1 amide bonds. The summed E-state index contributed by atoms with van der Waals surface area (Å²) in [6.45, 7) is 6.22. The SMILES string of the molecule is CC(=O)Nc1ccc(C)c(S(=O)(=O)NCC(c2cccs2)N2CCOCC2)c1. The van der Waals surface area contributed by atoms with Gasteiger partial charge in [-0.15, -0.1) is 11.3 Å². The van der Waals surface area contributed by atoms with Crippen LogP contribution in [0, 0.1) is 6.92 Å². The Morgan fingerprint density at radius 1 is 1.29 bits per heavy atom. The Morgan fingerprint density at radius 3 is 2.68 bits per heavy atom. The second-order valence-corrected chi connectivity index (χ2v) is 9.41. The van der Waals surface area contributed by atoms with E-state index in [0.717, 1.165) is 18.0 Å². The van der Waals surface area contributed by atoms with Crippen molar-refractivity contribution in [2.45, 2.75) is 24.8 Å². The molecule has 1 aliphatic rings. The summed E-state index contributed by atoms with van der Waals surface area (Å²) in [6, 6.07) is 8.84. The van der Waals surface area contributed by atoms with Gasteiger partial charge < -0.3 is 10.1 Å². The Hall–Kier alpha value is -1.78. The molecule has 1 fully saturated rings. The lowest BCUT2D eigenvalue weighted by molar-refractivity contribution is -0.114. The Labute approximate surface area is 169 Å². The molecule has 0 saturated carbocycles. The summed E-state index contributed by atoms with van der Waals surface area (Å²) >= 11 is 1.62. The van der Waals surface area contributed by atoms with E-state index in [4.69, 9.17) is 4.74 Å². The Bertz CT molecular complexity index is 907. The van der Waals surface area contributed by atoms with Gasteiger partial charge in [0, 0.05) is 37.1 Å². The lowest BCUT2D eigenvalue weighted by Gasteiger charge is -2.34. The fourth-order valence-corrected chi connectivity index (χ4v) is 5.38. The summed E-state index contributed by atoms with van der Waals surface area (Å²) < 4.78 is 34.2. The quantitative estimate of drug-likeness (QED) is 0.714. The molecule has 1 atom stereocenters. The number of nitrogens with one attached hydrogen (secondary N) is 2. The molecule has 9 heteroatoms. The molecule has 0 bridgehead atoms. The van der Waals surface area contributed by atoms with Crippen LogP contribution in [0.25, 0.3) is 0 Å². The van der Waals surface area contributed by atoms with Gasteiger partial charge in [0.1, 0.15) is 0 Å². The van der Waals surface area contributed by atoms with Crippen molar-refractivity contribution in [3.63, 3.8) is 0 Å². The largest absolute Gasteiger partial charge is 0.379 e. The van der Waals surface area contributed by atoms with Crippen LogP contribution in [0.4, 0.5) is 5.69 Å². The first-order chi connectivity index (χ1) is 13.4. The predicted octanol–water partition coefficient (Wildman–Crippen LogP) is 2.37. The molecule has 28 heavy (non-hydrogen) atoms. The van der Waals surface area contributed by atoms with Crippen LogP contribution in [0.3, 0.4) is 0 Å². The zero-order valence-electron chi connectivity index (χ0n) is 16.0. The maximum absolute atomic E-state index is 13.0. The number of sulfonamides is 1. The van der Waals surface area contributed by atoms with Crippen LogP contribution in [-0.2, 0) is 19.6 Å². The highest BCUT2D eigenvalue weighted by atomic mass is 32.2. The number of thiophene rings is 1. The summed E-state index contributed by atoms with van der Waals surface area (Å²) in [6.07, 6.45) is 0. The second-order valence-electron chi connectivity index (χ2n) is 6.69. The van der Waals surface area contributed by atoms with Gasteiger partial charge in [0.15, 0.2) is 0 Å². The standard InChI is InChI=1S/C19H25N3O4S2/c1-14-5-6-16(21-15(2)23)12-19(14)28(24,25)20-13-17(18-4-3-11-27-18)22-7-9-26-10-8-22/h3-6,11-12,17,20H,7-10,13H2,1-2H3,(H,21,23). The van der Waals surface area contributed by atoms with Crippen LogP contribution in [0.5, 0.6) is 0 Å². The summed E-state index contributed by atoms with van der Waals surface area (Å²) in [4.78, 5) is 14.8. The van der Waals surface area contributed by atoms with Crippen molar-refractivity contribution in [2.24, 2.45) is 0 Å². The number of nitrogens with zero attached hydrogens (tertiary/aromatic N) is 1. The molecule has 1 unspecified atom stereocenters. The molecule has 152 valence electrons. The number of amides is 1. The van der Waals surface area contributed by atoms with Crippen LogP contribution < -0.4 is 10.0 Å². The molecule has 0 aliphatic carbocycles. The number of anilines is 1. The number of hydrogen-bond acceptors (Lipinski definition) is 6. The van der Waals surface area contributed by atoms with Gasteiger partial charge >= 0.3 is 0 Å². The normalized spacial score (nSPS) is 16.6. The van der Waals surface area contributed by atoms with E-state index in [0.29, 0.717) is 24.5 Å². The minimum Gasteiger partial charge on any atom is -0.379 e. The first kappa shape index (κ1) is 20.9. The van der Waals surface area contributed by atoms with Crippen molar-refractivity contribution < 1.29 is 17.9 Å². The highest BCUT2D eigenvalue weighted by molar-refractivity contribution is 7.89. The lowest BCUT2D eigenvalue weighted by Crippen LogP contribution is -2.43. The van der Waals surface area contributed by atoms with Crippen molar-refractivity contribution in [2.75, 3.05) is 38.2 Å². The summed E-state index contributed by atoms with van der Waals surface area (Å²) in [5.41, 5.74) is 1.09. The molecule has 7 nitrogen and oxygen atoms in total. The van der Waals surface area contributed by atoms with Crippen LogP contribution in [0.1, 0.15) is 23.4 Å². The summed E-state index contributed by atoms with van der Waals surface area (Å²) in [7, 11) is -3.73. The Kier molecular flexibility index (Phi) is 6.84. The average Bonchev–Trinajstić information content (AvgIpc) is 3.18. The third kappa shape index (κ3) is 5.18. The topological polar surface area (TPSA) is 87.7 Å². The van der Waals surface area contributed by atoms with Gasteiger partial charge in [-0.3, -0.25) is 9.69 Å². The van der Waals surface area contributed by atoms with E-state index < -0.39 is 10.0 Å². The molecule has 2 heterocycles. The van der Waals surface area contributed by atoms with Crippen molar-refractivity contribution in [3.05, 3.63) is 46.2 Å². The highest BCUT2D eigenvalue weighted by Crippen LogP contribution is 2.27. The smallest absolute Gasteiger partial charge is 0.240 e. The van der Waals surface area contributed by atoms with Gasteiger partial charge in [-0.2, -0.15) is 0 Å². The molecule has 0 radical (unpaired) electrons. The zero-order chi connectivity index (χ0) is 20.1. The highest BCUT2D eigenvalue weighted by Gasteiger charge is 2.26. The third-order valence-corrected chi connectivity index (χ3v) is 7.16. The number of morpholine rings is 1. The second kappa shape index (κ2) is 9.15. The van der Waals surface area contributed by atoms with Gasteiger partial charge in [0.25, 0.3) is 0 Å². The Morgan fingerprint density at radius 2 is 2.04 bits per heavy atom. The first-order valence-electron chi connectivity index (χ1n) is 9.10. The van der Waals surface area contributed by atoms with Crippen molar-refractivity contribution in [1.29, 1.82) is 0 Å². The molecular weight excluding hydrogens is 398 g/mol. The minimum absolute atomic E-state index is 0.0440. The van der Waals surface area contributed by atoms with Crippen molar-refractivity contribution >= 4 is 33.0 Å². The van der Waals surface area contributed by atoms with E-state index in [1.54, 1.807) is 30.4 Å². The monoisotopic (exact) mass is 423 g/mol. The van der Waals surface area contributed by atoms with Gasteiger partial charge in [-0.05, 0) is 36.1 Å². The molecule has 2 aromatic rings. The fourth-order valence-electron chi connectivity index (χ4n) is 3.22. The summed E-state index contributed by atoms with van der Waals surface area (Å²) in [5, 5.41) is 4.63. The number of aryl methyl sites for hydroxylation is 1. The number of ether oxygens (including phenoxy) is 1. The maximum atomic E-state index is 13.0. The zero-order valence-corrected chi connectivity index (χ0v) is 17.6. The van der Waals surface area contributed by atoms with E-state index in [1.165, 1.54) is 13.0 Å². The van der Waals surface area contributed by atoms with Crippen LogP contribution in [0.2, 0.25) is 0 Å². The van der Waals surface area contributed by atoms with Crippen LogP contribution in [0.15, 0.2) is 40.6 Å². The van der Waals surface area contributed by atoms with Crippen LogP contribution >= 0.6 is 11.3 Å². The number of rotatable bonds is 7. The van der Waals surface area contributed by atoms with Gasteiger partial charge in [-0.25, -0.2) is 13.1 Å². The number of carbonyl (C=O) groups is 1. The Balaban J connectivity index is 1.79. The minimum atomic E-state index is -3.73. The molecule has 1 aliphatic heterocycles. The fraction of sp³-hybridized carbons (Fsp3) is 0.421. The van der Waals surface area contributed by atoms with E-state index in [1.807, 2.05) is 17.5 Å². The number of benzene rings is 1. The van der Waals surface area contributed by atoms with Crippen molar-refractivity contribution in [3.8, 4) is 0 Å². The molecule has 1 aromatic carbocycles. The van der Waals surface area contributed by atoms with E-state index in [-0.39, 0.29) is 23.4 Å². The molecule has 2 N–H and O–H groups in total. The first-order valence-corrected chi connectivity index (χ1v) is 11.5. The molecule has 1 aromatic heterocycles. The van der Waals surface area contributed by atoms with Crippen molar-refractivity contribution in [1.82, 2.24) is 9.62 Å². The van der Waals surface area contributed by atoms with E-state index in [2.05, 4.69) is 14.9 Å². The third-order valence-electron chi connectivity index (χ3n) is 4.62. The average molecular weight is 424 g/mol. The summed E-state index contributed by atoms with van der Waals surface area (Å²) in [5.74, 6) is -0.245. The molecule has 1 saturated heterocycles. The van der Waals surface area contributed by atoms with Gasteiger partial charge in [0.05, 0.1) is 24.2 Å². The van der Waals surface area contributed by atoms with Gasteiger partial charge in [-0.1, -0.05) is 12.1 Å². The molecule has 0 spiro atoms. The molecular formula is C19H25N3O4S2. The van der Waals surface area contributed by atoms with Gasteiger partial charge in [0.2, 0.25) is 15.9 Å². The number of carbonyl (C=O) groups excluding carboxylic acids is 1. The van der Waals surface area contributed by atoms with E-state index >= 15 is 0 Å². The molecule has 3 rings (SSSR count). The maximum Gasteiger partial charge on any atom is 0.240 e.